The van der Waals surface area contributed by atoms with Crippen LogP contribution in [0.5, 0.6) is 5.75 Å². The third kappa shape index (κ3) is 3.04. The normalized spacial score (nSPS) is 10.8. The van der Waals surface area contributed by atoms with Crippen molar-refractivity contribution in [2.45, 2.75) is 19.9 Å². The molecule has 0 amide bonds. The number of aliphatic hydroxyl groups is 1. The first-order chi connectivity index (χ1) is 11.2. The van der Waals surface area contributed by atoms with E-state index in [-0.39, 0.29) is 13.3 Å². The zero-order chi connectivity index (χ0) is 16.2. The van der Waals surface area contributed by atoms with Crippen LogP contribution in [0.1, 0.15) is 5.82 Å². The van der Waals surface area contributed by atoms with Gasteiger partial charge >= 0.3 is 0 Å². The number of aliphatic hydroxyl groups excluding tert-OH is 1. The average Bonchev–Trinajstić information content (AvgIpc) is 2.89. The van der Waals surface area contributed by atoms with Gasteiger partial charge in [-0.1, -0.05) is 42.5 Å². The van der Waals surface area contributed by atoms with E-state index in [0.29, 0.717) is 17.1 Å². The molecule has 3 aromatic rings. The molecular formula is C17H17N3O2S. The van der Waals surface area contributed by atoms with E-state index >= 15 is 0 Å². The fraction of sp³-hybridized carbons (Fsp3) is 0.176. The molecule has 118 valence electrons. The number of hydrogen-bond donors (Lipinski definition) is 1. The summed E-state index contributed by atoms with van der Waals surface area (Å²) >= 11 is 5.29. The molecule has 1 aromatic heterocycles. The molecule has 23 heavy (non-hydrogen) atoms. The number of fused-ring (bicyclic) bond motifs is 1. The molecule has 1 heterocycles. The number of hydrogen-bond acceptors (Lipinski definition) is 4. The highest BCUT2D eigenvalue weighted by molar-refractivity contribution is 7.71. The Morgan fingerprint density at radius 2 is 2.00 bits per heavy atom. The fourth-order valence-corrected chi connectivity index (χ4v) is 2.74. The fourth-order valence-electron chi connectivity index (χ4n) is 2.46. The van der Waals surface area contributed by atoms with Gasteiger partial charge in [-0.15, -0.1) is 6.58 Å². The van der Waals surface area contributed by atoms with Crippen LogP contribution in [0, 0.1) is 4.77 Å². The molecule has 5 nitrogen and oxygen atoms in total. The van der Waals surface area contributed by atoms with E-state index < -0.39 is 0 Å². The summed E-state index contributed by atoms with van der Waals surface area (Å²) in [5.74, 6) is 1.44. The van der Waals surface area contributed by atoms with Crippen molar-refractivity contribution < 1.29 is 9.84 Å². The van der Waals surface area contributed by atoms with Crippen molar-refractivity contribution in [2.24, 2.45) is 0 Å². The quantitative estimate of drug-likeness (QED) is 0.557. The van der Waals surface area contributed by atoms with Crippen molar-refractivity contribution in [3.05, 3.63) is 65.7 Å². The number of nitrogens with zero attached hydrogens (tertiary/aromatic N) is 3. The van der Waals surface area contributed by atoms with Crippen molar-refractivity contribution in [1.82, 2.24) is 14.3 Å². The molecule has 6 heteroatoms. The average molecular weight is 327 g/mol. The minimum absolute atomic E-state index is 0.260. The monoisotopic (exact) mass is 327 g/mol. The van der Waals surface area contributed by atoms with Crippen molar-refractivity contribution >= 4 is 23.0 Å². The number of benzene rings is 2. The van der Waals surface area contributed by atoms with E-state index in [0.717, 1.165) is 16.5 Å². The summed E-state index contributed by atoms with van der Waals surface area (Å²) in [4.78, 5) is 0. The van der Waals surface area contributed by atoms with Gasteiger partial charge in [0.1, 0.15) is 19.1 Å². The maximum absolute atomic E-state index is 9.30. The molecule has 0 aliphatic heterocycles. The Morgan fingerprint density at radius 3 is 2.78 bits per heavy atom. The third-order valence-electron chi connectivity index (χ3n) is 3.55. The second-order valence-corrected chi connectivity index (χ2v) is 5.37. The standard InChI is InChI=1S/C17H17N3O2S/c1-2-10-19-16(18-20(12-21)17(19)23)11-22-15-9-5-7-13-6-3-4-8-14(13)15/h2-9,21H,1,10-12H2. The Kier molecular flexibility index (Phi) is 4.55. The molecule has 0 atom stereocenters. The summed E-state index contributed by atoms with van der Waals surface area (Å²) in [5, 5.41) is 15.8. The Hall–Kier alpha value is -2.44. The maximum atomic E-state index is 9.30. The topological polar surface area (TPSA) is 52.2 Å². The van der Waals surface area contributed by atoms with Gasteiger partial charge in [0.15, 0.2) is 10.6 Å². The van der Waals surface area contributed by atoms with Crippen LogP contribution >= 0.6 is 12.2 Å². The third-order valence-corrected chi connectivity index (χ3v) is 3.98. The molecule has 0 saturated heterocycles. The summed E-state index contributed by atoms with van der Waals surface area (Å²) in [7, 11) is 0. The van der Waals surface area contributed by atoms with Gasteiger partial charge in [0, 0.05) is 11.9 Å². The van der Waals surface area contributed by atoms with Crippen LogP contribution in [0.4, 0.5) is 0 Å². The smallest absolute Gasteiger partial charge is 0.200 e. The minimum atomic E-state index is -0.260. The van der Waals surface area contributed by atoms with Crippen LogP contribution in [0.2, 0.25) is 0 Å². The number of ether oxygens (including phenoxy) is 1. The van der Waals surface area contributed by atoms with Crippen LogP contribution in [0.3, 0.4) is 0 Å². The number of rotatable bonds is 6. The van der Waals surface area contributed by atoms with Gasteiger partial charge in [0.2, 0.25) is 0 Å². The van der Waals surface area contributed by atoms with Crippen LogP contribution in [-0.2, 0) is 19.9 Å². The van der Waals surface area contributed by atoms with Gasteiger partial charge in [-0.2, -0.15) is 5.10 Å². The van der Waals surface area contributed by atoms with E-state index in [1.807, 2.05) is 42.5 Å². The summed E-state index contributed by atoms with van der Waals surface area (Å²) in [5.41, 5.74) is 0. The summed E-state index contributed by atoms with van der Waals surface area (Å²) in [6, 6.07) is 14.0. The lowest BCUT2D eigenvalue weighted by molar-refractivity contribution is 0.191. The molecule has 0 spiro atoms. The first-order valence-electron chi connectivity index (χ1n) is 7.23. The Bertz CT molecular complexity index is 893. The van der Waals surface area contributed by atoms with Gasteiger partial charge < -0.3 is 9.84 Å². The molecule has 3 rings (SSSR count). The van der Waals surface area contributed by atoms with Crippen molar-refractivity contribution in [3.8, 4) is 5.75 Å². The zero-order valence-corrected chi connectivity index (χ0v) is 13.4. The van der Waals surface area contributed by atoms with Crippen LogP contribution in [-0.4, -0.2) is 19.5 Å². The van der Waals surface area contributed by atoms with Crippen molar-refractivity contribution in [3.63, 3.8) is 0 Å². The van der Waals surface area contributed by atoms with Crippen LogP contribution < -0.4 is 4.74 Å². The molecular weight excluding hydrogens is 310 g/mol. The van der Waals surface area contributed by atoms with Gasteiger partial charge in [-0.05, 0) is 23.7 Å². The lowest BCUT2D eigenvalue weighted by Gasteiger charge is -2.09. The van der Waals surface area contributed by atoms with Gasteiger partial charge in [0.25, 0.3) is 0 Å². The molecule has 0 aliphatic carbocycles. The summed E-state index contributed by atoms with van der Waals surface area (Å²) in [6.07, 6.45) is 1.74. The highest BCUT2D eigenvalue weighted by Gasteiger charge is 2.11. The molecule has 0 aliphatic rings. The number of allylic oxidation sites excluding steroid dienone is 1. The lowest BCUT2D eigenvalue weighted by atomic mass is 10.1. The zero-order valence-electron chi connectivity index (χ0n) is 12.6. The largest absolute Gasteiger partial charge is 0.485 e. The van der Waals surface area contributed by atoms with E-state index in [2.05, 4.69) is 11.7 Å². The maximum Gasteiger partial charge on any atom is 0.200 e. The molecule has 0 unspecified atom stereocenters. The molecule has 0 radical (unpaired) electrons. The highest BCUT2D eigenvalue weighted by atomic mass is 32.1. The summed E-state index contributed by atoms with van der Waals surface area (Å²) in [6.45, 7) is 4.25. The first-order valence-corrected chi connectivity index (χ1v) is 7.64. The molecule has 0 saturated carbocycles. The van der Waals surface area contributed by atoms with E-state index in [1.165, 1.54) is 4.68 Å². The number of aromatic nitrogens is 3. The Labute approximate surface area is 139 Å². The van der Waals surface area contributed by atoms with Crippen molar-refractivity contribution in [1.29, 1.82) is 0 Å². The lowest BCUT2D eigenvalue weighted by Crippen LogP contribution is -2.06. The van der Waals surface area contributed by atoms with E-state index in [4.69, 9.17) is 17.0 Å². The van der Waals surface area contributed by atoms with Crippen LogP contribution in [0.15, 0.2) is 55.1 Å². The second-order valence-electron chi connectivity index (χ2n) is 5.00. The predicted octanol–water partition coefficient (Wildman–Crippen LogP) is 3.28. The van der Waals surface area contributed by atoms with E-state index in [9.17, 15) is 5.11 Å². The molecule has 2 aromatic carbocycles. The van der Waals surface area contributed by atoms with E-state index in [1.54, 1.807) is 10.6 Å². The van der Waals surface area contributed by atoms with Gasteiger partial charge in [0.05, 0.1) is 0 Å². The Balaban J connectivity index is 1.91. The van der Waals surface area contributed by atoms with Gasteiger partial charge in [-0.3, -0.25) is 4.57 Å². The second kappa shape index (κ2) is 6.76. The Morgan fingerprint density at radius 1 is 1.22 bits per heavy atom. The van der Waals surface area contributed by atoms with Crippen molar-refractivity contribution in [2.75, 3.05) is 0 Å². The summed E-state index contributed by atoms with van der Waals surface area (Å²) < 4.78 is 9.55. The highest BCUT2D eigenvalue weighted by Crippen LogP contribution is 2.25. The molecule has 1 N–H and O–H groups in total. The molecule has 0 bridgehead atoms. The SMILES string of the molecule is C=CCn1c(COc2cccc3ccccc23)nn(CO)c1=S. The van der Waals surface area contributed by atoms with Crippen LogP contribution in [0.25, 0.3) is 10.8 Å². The molecule has 0 fully saturated rings. The first kappa shape index (κ1) is 15.5. The minimum Gasteiger partial charge on any atom is -0.485 e. The van der Waals surface area contributed by atoms with Gasteiger partial charge in [-0.25, -0.2) is 4.68 Å². The predicted molar refractivity (Wildman–Crippen MR) is 91.7 cm³/mol.